The third kappa shape index (κ3) is 1.22. The second kappa shape index (κ2) is 2.21. The van der Waals surface area contributed by atoms with Crippen molar-refractivity contribution in [3.05, 3.63) is 34.6 Å². The van der Waals surface area contributed by atoms with Gasteiger partial charge in [0.1, 0.15) is 0 Å². The number of aromatic nitrogens is 1. The summed E-state index contributed by atoms with van der Waals surface area (Å²) in [7, 11) is 0. The Kier molecular flexibility index (Phi) is 1.40. The fraction of sp³-hybridized carbons (Fsp3) is 0. The highest BCUT2D eigenvalue weighted by Gasteiger charge is 2.02. The lowest BCUT2D eigenvalue weighted by Crippen LogP contribution is -1.87. The van der Waals surface area contributed by atoms with E-state index in [-0.39, 0.29) is 5.69 Å². The molecule has 0 unspecified atom stereocenters. The van der Waals surface area contributed by atoms with Crippen LogP contribution in [0.25, 0.3) is 0 Å². The molecule has 1 rings (SSSR count). The molecule has 0 fully saturated rings. The molecule has 0 N–H and O–H groups in total. The first kappa shape index (κ1) is 5.68. The maximum atomic E-state index is 9.90. The lowest BCUT2D eigenvalue weighted by atomic mass is 10.4. The molecule has 1 heterocycles. The van der Waals surface area contributed by atoms with Crippen molar-refractivity contribution in [1.29, 1.82) is 0 Å². The van der Waals surface area contributed by atoms with Crippen LogP contribution < -0.4 is 0 Å². The lowest BCUT2D eigenvalue weighted by molar-refractivity contribution is -0.385. The van der Waals surface area contributed by atoms with Gasteiger partial charge in [0.2, 0.25) is 0 Å². The minimum Gasteiger partial charge on any atom is -0.258 e. The van der Waals surface area contributed by atoms with Gasteiger partial charge in [0.25, 0.3) is 0 Å². The van der Waals surface area contributed by atoms with E-state index < -0.39 is 4.92 Å². The Morgan fingerprint density at radius 2 is 2.56 bits per heavy atom. The summed E-state index contributed by atoms with van der Waals surface area (Å²) in [5.74, 6) is 0. The van der Waals surface area contributed by atoms with E-state index in [9.17, 15) is 10.1 Å². The fourth-order valence-corrected chi connectivity index (χ4v) is 0.378. The number of rotatable bonds is 1. The first-order valence-electron chi connectivity index (χ1n) is 2.19. The Balaban J connectivity index is 2.98. The standard InChI is InChI=1S/C5H2N2O2/c8-7(9)5-2-1-3-6-4-5/h1,3H. The Labute approximate surface area is 51.3 Å². The summed E-state index contributed by atoms with van der Waals surface area (Å²) in [6.45, 7) is 0. The Bertz CT molecular complexity index is 209. The molecule has 2 radical (unpaired) electrons. The molecule has 0 aliphatic carbocycles. The number of hydrogen-bond donors (Lipinski definition) is 0. The third-order valence-corrected chi connectivity index (χ3v) is 0.722. The Morgan fingerprint density at radius 1 is 1.78 bits per heavy atom. The van der Waals surface area contributed by atoms with Crippen molar-refractivity contribution in [3.8, 4) is 0 Å². The van der Waals surface area contributed by atoms with Gasteiger partial charge >= 0.3 is 5.69 Å². The van der Waals surface area contributed by atoms with Crippen LogP contribution in [0.2, 0.25) is 0 Å². The van der Waals surface area contributed by atoms with Gasteiger partial charge in [-0.15, -0.1) is 0 Å². The highest BCUT2D eigenvalue weighted by Crippen LogP contribution is 2.02. The first-order valence-corrected chi connectivity index (χ1v) is 2.19. The van der Waals surface area contributed by atoms with Crippen molar-refractivity contribution in [2.24, 2.45) is 0 Å². The molecule has 0 aliphatic heterocycles. The molecule has 9 heavy (non-hydrogen) atoms. The van der Waals surface area contributed by atoms with Crippen molar-refractivity contribution in [1.82, 2.24) is 4.98 Å². The van der Waals surface area contributed by atoms with Crippen LogP contribution in [0.4, 0.5) is 5.69 Å². The molecular formula is C5H2N2O2. The first-order chi connectivity index (χ1) is 4.30. The number of hydrogen-bond acceptors (Lipinski definition) is 3. The van der Waals surface area contributed by atoms with E-state index in [1.165, 1.54) is 12.3 Å². The van der Waals surface area contributed by atoms with Crippen LogP contribution in [-0.4, -0.2) is 9.91 Å². The normalized spacial score (nSPS) is 8.89. The number of nitrogens with zero attached hydrogens (tertiary/aromatic N) is 2. The largest absolute Gasteiger partial charge is 0.305 e. The van der Waals surface area contributed by atoms with Crippen LogP contribution in [0.1, 0.15) is 0 Å². The van der Waals surface area contributed by atoms with Crippen LogP contribution in [0.3, 0.4) is 0 Å². The van der Waals surface area contributed by atoms with Crippen LogP contribution >= 0.6 is 0 Å². The van der Waals surface area contributed by atoms with Crippen molar-refractivity contribution in [2.45, 2.75) is 0 Å². The van der Waals surface area contributed by atoms with E-state index in [2.05, 4.69) is 17.2 Å². The second-order valence-electron chi connectivity index (χ2n) is 1.31. The summed E-state index contributed by atoms with van der Waals surface area (Å²) < 4.78 is 0. The predicted octanol–water partition coefficient (Wildman–Crippen LogP) is 0.590. The molecule has 0 atom stereocenters. The van der Waals surface area contributed by atoms with Gasteiger partial charge in [-0.1, -0.05) is 0 Å². The molecule has 1 aromatic heterocycles. The zero-order valence-electron chi connectivity index (χ0n) is 4.37. The minimum atomic E-state index is -0.590. The second-order valence-corrected chi connectivity index (χ2v) is 1.31. The number of pyridine rings is 1. The highest BCUT2D eigenvalue weighted by molar-refractivity contribution is 5.19. The monoisotopic (exact) mass is 122 g/mol. The van der Waals surface area contributed by atoms with Gasteiger partial charge in [-0.05, 0) is 6.07 Å². The van der Waals surface area contributed by atoms with Crippen molar-refractivity contribution < 1.29 is 4.92 Å². The molecule has 0 saturated carbocycles. The fourth-order valence-electron chi connectivity index (χ4n) is 0.378. The molecule has 0 amide bonds. The molecule has 44 valence electrons. The smallest absolute Gasteiger partial charge is 0.258 e. The average Bonchev–Trinajstić information content (AvgIpc) is 1.90. The summed E-state index contributed by atoms with van der Waals surface area (Å²) in [5.41, 5.74) is -0.225. The Morgan fingerprint density at radius 3 is 2.89 bits per heavy atom. The van der Waals surface area contributed by atoms with Gasteiger partial charge in [-0.25, -0.2) is 4.98 Å². The van der Waals surface area contributed by atoms with E-state index in [1.807, 2.05) is 0 Å². The summed E-state index contributed by atoms with van der Waals surface area (Å²) in [5, 5.41) is 9.90. The molecule has 4 heteroatoms. The predicted molar refractivity (Wildman–Crippen MR) is 28.6 cm³/mol. The maximum absolute atomic E-state index is 9.90. The molecule has 0 aliphatic rings. The minimum absolute atomic E-state index is 0.225. The van der Waals surface area contributed by atoms with E-state index in [0.717, 1.165) is 0 Å². The van der Waals surface area contributed by atoms with Gasteiger partial charge in [-0.3, -0.25) is 10.1 Å². The quantitative estimate of drug-likeness (QED) is 0.404. The number of nitro groups is 1. The molecule has 1 aromatic rings. The van der Waals surface area contributed by atoms with Gasteiger partial charge in [0.05, 0.1) is 11.0 Å². The summed E-state index contributed by atoms with van der Waals surface area (Å²) in [6.07, 6.45) is 3.55. The van der Waals surface area contributed by atoms with Gasteiger partial charge in [-0.2, -0.15) is 0 Å². The average molecular weight is 122 g/mol. The van der Waals surface area contributed by atoms with E-state index >= 15 is 0 Å². The Hall–Kier alpha value is -1.45. The van der Waals surface area contributed by atoms with Crippen molar-refractivity contribution in [3.63, 3.8) is 0 Å². The van der Waals surface area contributed by atoms with Crippen LogP contribution in [0, 0.1) is 22.4 Å². The molecule has 4 nitrogen and oxygen atoms in total. The molecule has 0 aromatic carbocycles. The zero-order chi connectivity index (χ0) is 6.69. The van der Waals surface area contributed by atoms with Crippen LogP contribution in [0.15, 0.2) is 12.3 Å². The SMILES string of the molecule is O=[N+]([O-])c1[c]ccn[c]1. The summed E-state index contributed by atoms with van der Waals surface area (Å²) >= 11 is 0. The zero-order valence-corrected chi connectivity index (χ0v) is 4.37. The summed E-state index contributed by atoms with van der Waals surface area (Å²) in [4.78, 5) is 12.7. The molecular weight excluding hydrogens is 120 g/mol. The third-order valence-electron chi connectivity index (χ3n) is 0.722. The molecule has 0 bridgehead atoms. The van der Waals surface area contributed by atoms with Crippen molar-refractivity contribution in [2.75, 3.05) is 0 Å². The van der Waals surface area contributed by atoms with Gasteiger partial charge < -0.3 is 0 Å². The van der Waals surface area contributed by atoms with E-state index in [0.29, 0.717) is 0 Å². The van der Waals surface area contributed by atoms with E-state index in [4.69, 9.17) is 0 Å². The van der Waals surface area contributed by atoms with E-state index in [1.54, 1.807) is 0 Å². The lowest BCUT2D eigenvalue weighted by Gasteiger charge is -1.83. The highest BCUT2D eigenvalue weighted by atomic mass is 16.6. The van der Waals surface area contributed by atoms with Crippen LogP contribution in [0.5, 0.6) is 0 Å². The molecule has 0 saturated heterocycles. The van der Waals surface area contributed by atoms with Crippen molar-refractivity contribution >= 4 is 5.69 Å². The van der Waals surface area contributed by atoms with Crippen LogP contribution in [-0.2, 0) is 0 Å². The molecule has 0 spiro atoms. The van der Waals surface area contributed by atoms with Gasteiger partial charge in [0, 0.05) is 6.20 Å². The maximum Gasteiger partial charge on any atom is 0.305 e. The topological polar surface area (TPSA) is 56.0 Å². The van der Waals surface area contributed by atoms with Gasteiger partial charge in [0.15, 0.2) is 6.20 Å². The summed E-state index contributed by atoms with van der Waals surface area (Å²) in [6, 6.07) is 3.72.